The zero-order valence-electron chi connectivity index (χ0n) is 14.7. The Kier molecular flexibility index (Phi) is 5.87. The van der Waals surface area contributed by atoms with Gasteiger partial charge in [0.1, 0.15) is 5.69 Å². The molecule has 0 atom stereocenters. The number of rotatable bonds is 7. The number of aromatic nitrogens is 2. The Morgan fingerprint density at radius 1 is 1.30 bits per heavy atom. The third-order valence-electron chi connectivity index (χ3n) is 3.74. The molecule has 0 spiro atoms. The van der Waals surface area contributed by atoms with Gasteiger partial charge in [-0.3, -0.25) is 9.59 Å². The van der Waals surface area contributed by atoms with Crippen LogP contribution in [-0.4, -0.2) is 40.6 Å². The fourth-order valence-electron chi connectivity index (χ4n) is 2.47. The van der Waals surface area contributed by atoms with Gasteiger partial charge < -0.3 is 15.0 Å². The standard InChI is InChI=1S/C17H17F4N3O3/c1-8-13(10(3)25)9(2)23-14(8)15(26)24-11-4-5-12(22-6-11)27-7-17(20,21)16(18)19/h4-6,16,23H,7H2,1-3H3,(H,24,26). The predicted molar refractivity (Wildman–Crippen MR) is 88.9 cm³/mol. The third kappa shape index (κ3) is 4.63. The van der Waals surface area contributed by atoms with E-state index in [4.69, 9.17) is 0 Å². The second kappa shape index (κ2) is 7.77. The van der Waals surface area contributed by atoms with Crippen LogP contribution in [0.25, 0.3) is 0 Å². The quantitative estimate of drug-likeness (QED) is 0.560. The van der Waals surface area contributed by atoms with Crippen LogP contribution in [0.5, 0.6) is 5.88 Å². The lowest BCUT2D eigenvalue weighted by Crippen LogP contribution is -2.33. The lowest BCUT2D eigenvalue weighted by molar-refractivity contribution is -0.148. The number of alkyl halides is 4. The van der Waals surface area contributed by atoms with Gasteiger partial charge >= 0.3 is 12.3 Å². The molecule has 0 unspecified atom stereocenters. The minimum absolute atomic E-state index is 0.177. The van der Waals surface area contributed by atoms with Crippen molar-refractivity contribution in [2.45, 2.75) is 33.1 Å². The van der Waals surface area contributed by atoms with Crippen LogP contribution in [-0.2, 0) is 0 Å². The Morgan fingerprint density at radius 2 is 1.96 bits per heavy atom. The number of pyridine rings is 1. The van der Waals surface area contributed by atoms with Gasteiger partial charge in [0.25, 0.3) is 5.91 Å². The maximum atomic E-state index is 12.8. The van der Waals surface area contributed by atoms with Crippen LogP contribution < -0.4 is 10.1 Å². The number of ether oxygens (including phenoxy) is 1. The van der Waals surface area contributed by atoms with Crippen LogP contribution in [0, 0.1) is 13.8 Å². The molecule has 2 N–H and O–H groups in total. The summed E-state index contributed by atoms with van der Waals surface area (Å²) in [5, 5.41) is 2.53. The molecule has 0 radical (unpaired) electrons. The molecular formula is C17H17F4N3O3. The molecule has 10 heteroatoms. The number of carbonyl (C=O) groups is 2. The summed E-state index contributed by atoms with van der Waals surface area (Å²) in [6, 6.07) is 2.47. The first-order chi connectivity index (χ1) is 12.5. The molecule has 0 aliphatic heterocycles. The first-order valence-corrected chi connectivity index (χ1v) is 7.79. The highest BCUT2D eigenvalue weighted by Crippen LogP contribution is 2.24. The Balaban J connectivity index is 2.06. The summed E-state index contributed by atoms with van der Waals surface area (Å²) in [7, 11) is 0. The van der Waals surface area contributed by atoms with E-state index in [-0.39, 0.29) is 23.0 Å². The van der Waals surface area contributed by atoms with Gasteiger partial charge in [0.05, 0.1) is 11.9 Å². The summed E-state index contributed by atoms with van der Waals surface area (Å²) >= 11 is 0. The highest BCUT2D eigenvalue weighted by molar-refractivity contribution is 6.07. The lowest BCUT2D eigenvalue weighted by atomic mass is 10.1. The molecule has 0 aromatic carbocycles. The zero-order valence-corrected chi connectivity index (χ0v) is 14.7. The van der Waals surface area contributed by atoms with Crippen LogP contribution >= 0.6 is 0 Å². The minimum Gasteiger partial charge on any atom is -0.471 e. The zero-order chi connectivity index (χ0) is 20.4. The Hall–Kier alpha value is -2.91. The average Bonchev–Trinajstić information content (AvgIpc) is 2.88. The normalized spacial score (nSPS) is 11.6. The Bertz CT molecular complexity index is 848. The van der Waals surface area contributed by atoms with Crippen molar-refractivity contribution < 1.29 is 31.9 Å². The summed E-state index contributed by atoms with van der Waals surface area (Å²) in [5.74, 6) is -5.28. The number of aromatic amines is 1. The summed E-state index contributed by atoms with van der Waals surface area (Å²) in [6.45, 7) is 3.18. The van der Waals surface area contributed by atoms with Crippen molar-refractivity contribution in [2.75, 3.05) is 11.9 Å². The van der Waals surface area contributed by atoms with Crippen molar-refractivity contribution >= 4 is 17.4 Å². The molecule has 0 fully saturated rings. The largest absolute Gasteiger partial charge is 0.471 e. The predicted octanol–water partition coefficient (Wildman–Crippen LogP) is 3.76. The molecule has 0 saturated carbocycles. The van der Waals surface area contributed by atoms with Gasteiger partial charge in [0.2, 0.25) is 5.88 Å². The first kappa shape index (κ1) is 20.4. The first-order valence-electron chi connectivity index (χ1n) is 7.79. The topological polar surface area (TPSA) is 84.1 Å². The number of ketones is 1. The van der Waals surface area contributed by atoms with Gasteiger partial charge in [-0.15, -0.1) is 0 Å². The van der Waals surface area contributed by atoms with Gasteiger partial charge in [-0.05, 0) is 32.4 Å². The number of anilines is 1. The molecule has 146 valence electrons. The highest BCUT2D eigenvalue weighted by atomic mass is 19.3. The second-order valence-electron chi connectivity index (χ2n) is 5.87. The maximum absolute atomic E-state index is 12.8. The van der Waals surface area contributed by atoms with E-state index in [0.717, 1.165) is 12.3 Å². The molecule has 0 aliphatic rings. The van der Waals surface area contributed by atoms with Gasteiger partial charge in [0.15, 0.2) is 12.4 Å². The lowest BCUT2D eigenvalue weighted by Gasteiger charge is -2.15. The molecule has 0 saturated heterocycles. The van der Waals surface area contributed by atoms with E-state index in [1.807, 2.05) is 0 Å². The number of carbonyl (C=O) groups excluding carboxylic acids is 2. The van der Waals surface area contributed by atoms with E-state index in [0.29, 0.717) is 16.8 Å². The fraction of sp³-hybridized carbons (Fsp3) is 0.353. The summed E-state index contributed by atoms with van der Waals surface area (Å²) in [6.07, 6.45) is -2.71. The Morgan fingerprint density at radius 3 is 2.44 bits per heavy atom. The molecule has 2 rings (SSSR count). The van der Waals surface area contributed by atoms with Crippen molar-refractivity contribution in [1.82, 2.24) is 9.97 Å². The van der Waals surface area contributed by atoms with Crippen molar-refractivity contribution in [2.24, 2.45) is 0 Å². The van der Waals surface area contributed by atoms with Crippen molar-refractivity contribution in [3.05, 3.63) is 40.8 Å². The van der Waals surface area contributed by atoms with E-state index in [1.54, 1.807) is 13.8 Å². The molecular weight excluding hydrogens is 370 g/mol. The summed E-state index contributed by atoms with van der Waals surface area (Å²) < 4.78 is 54.3. The highest BCUT2D eigenvalue weighted by Gasteiger charge is 2.41. The number of Topliss-reactive ketones (excluding diaryl/α,β-unsaturated/α-hetero) is 1. The molecule has 1 amide bonds. The number of nitrogens with one attached hydrogen (secondary N) is 2. The molecule has 0 aliphatic carbocycles. The van der Waals surface area contributed by atoms with Crippen LogP contribution in [0.4, 0.5) is 23.2 Å². The number of halogens is 4. The number of nitrogens with zero attached hydrogens (tertiary/aromatic N) is 1. The average molecular weight is 387 g/mol. The van der Waals surface area contributed by atoms with E-state index >= 15 is 0 Å². The molecule has 2 heterocycles. The van der Waals surface area contributed by atoms with Crippen LogP contribution in [0.15, 0.2) is 18.3 Å². The number of hydrogen-bond acceptors (Lipinski definition) is 4. The van der Waals surface area contributed by atoms with Crippen molar-refractivity contribution in [3.63, 3.8) is 0 Å². The maximum Gasteiger partial charge on any atom is 0.340 e. The number of H-pyrrole nitrogens is 1. The van der Waals surface area contributed by atoms with Crippen molar-refractivity contribution in [1.29, 1.82) is 0 Å². The van der Waals surface area contributed by atoms with Gasteiger partial charge in [-0.25, -0.2) is 13.8 Å². The monoisotopic (exact) mass is 387 g/mol. The smallest absolute Gasteiger partial charge is 0.340 e. The second-order valence-corrected chi connectivity index (χ2v) is 5.87. The summed E-state index contributed by atoms with van der Waals surface area (Å²) in [5.41, 5.74) is 1.92. The third-order valence-corrected chi connectivity index (χ3v) is 3.74. The van der Waals surface area contributed by atoms with Crippen LogP contribution in [0.3, 0.4) is 0 Å². The van der Waals surface area contributed by atoms with Gasteiger partial charge in [-0.1, -0.05) is 0 Å². The molecule has 2 aromatic heterocycles. The van der Waals surface area contributed by atoms with E-state index in [2.05, 4.69) is 20.0 Å². The van der Waals surface area contributed by atoms with Crippen LogP contribution in [0.1, 0.15) is 39.0 Å². The molecule has 0 bridgehead atoms. The molecule has 2 aromatic rings. The number of aryl methyl sites for hydroxylation is 1. The van der Waals surface area contributed by atoms with Crippen molar-refractivity contribution in [3.8, 4) is 5.88 Å². The fourth-order valence-corrected chi connectivity index (χ4v) is 2.47. The SMILES string of the molecule is CC(=O)c1c(C)[nH]c(C(=O)Nc2ccc(OCC(F)(F)C(F)F)nc2)c1C. The van der Waals surface area contributed by atoms with Gasteiger partial charge in [-0.2, -0.15) is 8.78 Å². The Labute approximate surface area is 151 Å². The van der Waals surface area contributed by atoms with E-state index in [1.165, 1.54) is 13.0 Å². The van der Waals surface area contributed by atoms with E-state index < -0.39 is 24.9 Å². The van der Waals surface area contributed by atoms with Crippen LogP contribution in [0.2, 0.25) is 0 Å². The minimum atomic E-state index is -4.29. The molecule has 6 nitrogen and oxygen atoms in total. The van der Waals surface area contributed by atoms with Gasteiger partial charge in [0, 0.05) is 17.3 Å². The number of amides is 1. The van der Waals surface area contributed by atoms with E-state index in [9.17, 15) is 27.2 Å². The number of hydrogen-bond donors (Lipinski definition) is 2. The summed E-state index contributed by atoms with van der Waals surface area (Å²) in [4.78, 5) is 30.5. The molecule has 27 heavy (non-hydrogen) atoms.